The van der Waals surface area contributed by atoms with Crippen molar-refractivity contribution in [3.63, 3.8) is 0 Å². The number of aryl methyl sites for hydroxylation is 1. The molecule has 1 rings (SSSR count). The van der Waals surface area contributed by atoms with E-state index in [-0.39, 0.29) is 0 Å². The van der Waals surface area contributed by atoms with E-state index < -0.39 is 6.10 Å². The van der Waals surface area contributed by atoms with Crippen molar-refractivity contribution in [1.29, 1.82) is 0 Å². The fraction of sp³-hybridized carbons (Fsp3) is 0.556. The molecule has 0 fully saturated rings. The molecule has 0 aliphatic rings. The van der Waals surface area contributed by atoms with Crippen LogP contribution in [0.15, 0.2) is 12.7 Å². The van der Waals surface area contributed by atoms with Crippen LogP contribution in [-0.4, -0.2) is 14.7 Å². The number of hydrogen-bond acceptors (Lipinski definition) is 4. The summed E-state index contributed by atoms with van der Waals surface area (Å²) in [4.78, 5) is 0.891. The molecular weight excluding hydrogens is 184 g/mol. The summed E-state index contributed by atoms with van der Waals surface area (Å²) in [7, 11) is 0. The van der Waals surface area contributed by atoms with Crippen molar-refractivity contribution in [3.8, 4) is 0 Å². The number of hydrogen-bond donors (Lipinski definition) is 1. The van der Waals surface area contributed by atoms with E-state index in [9.17, 15) is 5.11 Å². The Morgan fingerprint density at radius 3 is 3.08 bits per heavy atom. The van der Waals surface area contributed by atoms with Gasteiger partial charge in [0.15, 0.2) is 0 Å². The van der Waals surface area contributed by atoms with E-state index in [1.54, 1.807) is 6.08 Å². The second kappa shape index (κ2) is 5.09. The van der Waals surface area contributed by atoms with Gasteiger partial charge in [-0.1, -0.05) is 23.9 Å². The zero-order valence-corrected chi connectivity index (χ0v) is 8.55. The molecule has 0 aliphatic carbocycles. The van der Waals surface area contributed by atoms with Crippen LogP contribution in [0.5, 0.6) is 0 Å². The minimum atomic E-state index is -0.473. The molecule has 1 N–H and O–H groups in total. The molecule has 0 spiro atoms. The van der Waals surface area contributed by atoms with E-state index >= 15 is 0 Å². The Bertz CT molecular complexity index is 272. The van der Waals surface area contributed by atoms with E-state index in [0.717, 1.165) is 23.4 Å². The minimum absolute atomic E-state index is 0.473. The van der Waals surface area contributed by atoms with Crippen LogP contribution in [0.4, 0.5) is 0 Å². The minimum Gasteiger partial charge on any atom is -0.387 e. The van der Waals surface area contributed by atoms with Gasteiger partial charge in [-0.15, -0.1) is 11.7 Å². The van der Waals surface area contributed by atoms with Crippen LogP contribution in [0.3, 0.4) is 0 Å². The molecule has 0 aliphatic heterocycles. The average Bonchev–Trinajstić information content (AvgIpc) is 2.54. The van der Waals surface area contributed by atoms with Crippen LogP contribution in [0, 0.1) is 0 Å². The summed E-state index contributed by atoms with van der Waals surface area (Å²) in [6.07, 6.45) is 3.72. The Hall–Kier alpha value is -0.740. The maximum atomic E-state index is 9.68. The molecule has 1 heterocycles. The van der Waals surface area contributed by atoms with Gasteiger partial charge in [-0.25, -0.2) is 0 Å². The molecule has 3 nitrogen and oxygen atoms in total. The van der Waals surface area contributed by atoms with Gasteiger partial charge in [-0.3, -0.25) is 0 Å². The molecule has 1 atom stereocenters. The molecule has 72 valence electrons. The molecule has 0 aromatic carbocycles. The first-order valence-corrected chi connectivity index (χ1v) is 5.17. The molecule has 0 saturated carbocycles. The van der Waals surface area contributed by atoms with Gasteiger partial charge in [0.1, 0.15) is 0 Å². The molecular formula is C9H14N2OS. The zero-order chi connectivity index (χ0) is 9.68. The van der Waals surface area contributed by atoms with Gasteiger partial charge >= 0.3 is 0 Å². The lowest BCUT2D eigenvalue weighted by molar-refractivity contribution is 0.184. The highest BCUT2D eigenvalue weighted by molar-refractivity contribution is 7.05. The highest BCUT2D eigenvalue weighted by Crippen LogP contribution is 2.23. The Labute approximate surface area is 82.3 Å². The lowest BCUT2D eigenvalue weighted by Crippen LogP contribution is -1.97. The maximum absolute atomic E-state index is 9.68. The second-order valence-corrected chi connectivity index (χ2v) is 3.66. The van der Waals surface area contributed by atoms with E-state index in [0.29, 0.717) is 6.42 Å². The van der Waals surface area contributed by atoms with Gasteiger partial charge in [0, 0.05) is 0 Å². The number of rotatable bonds is 5. The Balaban J connectivity index is 2.73. The van der Waals surface area contributed by atoms with Gasteiger partial charge in [-0.05, 0) is 24.4 Å². The predicted octanol–water partition coefficient (Wildman–Crippen LogP) is 2.10. The predicted molar refractivity (Wildman–Crippen MR) is 53.7 cm³/mol. The molecule has 1 aromatic rings. The molecule has 13 heavy (non-hydrogen) atoms. The van der Waals surface area contributed by atoms with E-state index in [2.05, 4.69) is 23.1 Å². The third kappa shape index (κ3) is 2.60. The lowest BCUT2D eigenvalue weighted by atomic mass is 10.1. The number of aliphatic hydroxyl groups excluding tert-OH is 1. The quantitative estimate of drug-likeness (QED) is 0.737. The van der Waals surface area contributed by atoms with Gasteiger partial charge < -0.3 is 5.11 Å². The molecule has 0 saturated heterocycles. The summed E-state index contributed by atoms with van der Waals surface area (Å²) in [5, 5.41) is 13.7. The summed E-state index contributed by atoms with van der Waals surface area (Å²) >= 11 is 1.28. The Kier molecular flexibility index (Phi) is 4.05. The Morgan fingerprint density at radius 2 is 2.46 bits per heavy atom. The van der Waals surface area contributed by atoms with E-state index in [1.165, 1.54) is 11.5 Å². The van der Waals surface area contributed by atoms with E-state index in [4.69, 9.17) is 0 Å². The number of nitrogens with zero attached hydrogens (tertiary/aromatic N) is 2. The van der Waals surface area contributed by atoms with Gasteiger partial charge in [-0.2, -0.15) is 0 Å². The normalized spacial score (nSPS) is 12.8. The first-order valence-electron chi connectivity index (χ1n) is 4.39. The molecule has 0 radical (unpaired) electrons. The highest BCUT2D eigenvalue weighted by Gasteiger charge is 2.14. The standard InChI is InChI=1S/C9H14N2OS/c1-3-5-7-9(13-11-10-7)8(12)6-4-2/h4,8,12H,2-3,5-6H2,1H3. The topological polar surface area (TPSA) is 46.0 Å². The molecule has 1 aromatic heterocycles. The van der Waals surface area contributed by atoms with Crippen LogP contribution < -0.4 is 0 Å². The van der Waals surface area contributed by atoms with Crippen LogP contribution in [0.2, 0.25) is 0 Å². The van der Waals surface area contributed by atoms with Crippen molar-refractivity contribution in [3.05, 3.63) is 23.2 Å². The Morgan fingerprint density at radius 1 is 1.69 bits per heavy atom. The summed E-state index contributed by atoms with van der Waals surface area (Å²) in [5.74, 6) is 0. The van der Waals surface area contributed by atoms with Crippen molar-refractivity contribution in [2.24, 2.45) is 0 Å². The fourth-order valence-electron chi connectivity index (χ4n) is 1.14. The van der Waals surface area contributed by atoms with Crippen molar-refractivity contribution < 1.29 is 5.11 Å². The van der Waals surface area contributed by atoms with Crippen LogP contribution in [0.1, 0.15) is 36.4 Å². The smallest absolute Gasteiger partial charge is 0.0951 e. The number of aromatic nitrogens is 2. The summed E-state index contributed by atoms with van der Waals surface area (Å²) < 4.78 is 3.84. The van der Waals surface area contributed by atoms with Crippen LogP contribution in [-0.2, 0) is 6.42 Å². The van der Waals surface area contributed by atoms with Crippen LogP contribution >= 0.6 is 11.5 Å². The van der Waals surface area contributed by atoms with Gasteiger partial charge in [0.05, 0.1) is 16.7 Å². The third-order valence-electron chi connectivity index (χ3n) is 1.76. The van der Waals surface area contributed by atoms with Gasteiger partial charge in [0.2, 0.25) is 0 Å². The largest absolute Gasteiger partial charge is 0.387 e. The lowest BCUT2D eigenvalue weighted by Gasteiger charge is -2.05. The van der Waals surface area contributed by atoms with E-state index in [1.807, 2.05) is 0 Å². The number of aliphatic hydroxyl groups is 1. The third-order valence-corrected chi connectivity index (χ3v) is 2.63. The average molecular weight is 198 g/mol. The second-order valence-electron chi connectivity index (χ2n) is 2.87. The molecule has 4 heteroatoms. The molecule has 0 bridgehead atoms. The monoisotopic (exact) mass is 198 g/mol. The van der Waals surface area contributed by atoms with Crippen molar-refractivity contribution in [2.75, 3.05) is 0 Å². The molecule has 0 amide bonds. The van der Waals surface area contributed by atoms with Gasteiger partial charge in [0.25, 0.3) is 0 Å². The van der Waals surface area contributed by atoms with Crippen LogP contribution in [0.25, 0.3) is 0 Å². The summed E-state index contributed by atoms with van der Waals surface area (Å²) in [6, 6.07) is 0. The fourth-order valence-corrected chi connectivity index (χ4v) is 1.84. The summed E-state index contributed by atoms with van der Waals surface area (Å²) in [5.41, 5.74) is 0.932. The summed E-state index contributed by atoms with van der Waals surface area (Å²) in [6.45, 7) is 5.68. The zero-order valence-electron chi connectivity index (χ0n) is 7.73. The highest BCUT2D eigenvalue weighted by atomic mass is 32.1. The first kappa shape index (κ1) is 10.3. The van der Waals surface area contributed by atoms with Crippen molar-refractivity contribution in [2.45, 2.75) is 32.3 Å². The SMILES string of the molecule is C=CCC(O)c1snnc1CCC. The molecule has 1 unspecified atom stereocenters. The van der Waals surface area contributed by atoms with Crippen molar-refractivity contribution >= 4 is 11.5 Å². The van der Waals surface area contributed by atoms with Crippen molar-refractivity contribution in [1.82, 2.24) is 9.59 Å². The first-order chi connectivity index (χ1) is 6.29. The maximum Gasteiger partial charge on any atom is 0.0951 e.